The van der Waals surface area contributed by atoms with Gasteiger partial charge in [0.25, 0.3) is 0 Å². The van der Waals surface area contributed by atoms with Crippen molar-refractivity contribution in [2.75, 3.05) is 6.54 Å². The Morgan fingerprint density at radius 2 is 2.00 bits per heavy atom. The molecule has 0 saturated heterocycles. The Morgan fingerprint density at radius 1 is 1.30 bits per heavy atom. The summed E-state index contributed by atoms with van der Waals surface area (Å²) in [5.74, 6) is -0.0719. The molecule has 122 valence electrons. The molecule has 0 unspecified atom stereocenters. The van der Waals surface area contributed by atoms with Gasteiger partial charge in [0.05, 0.1) is 9.21 Å². The molecule has 2 rings (SSSR count). The van der Waals surface area contributed by atoms with Crippen LogP contribution < -0.4 is 4.57 Å². The Kier molecular flexibility index (Phi) is 6.69. The third-order valence-electron chi connectivity index (χ3n) is 3.37. The summed E-state index contributed by atoms with van der Waals surface area (Å²) in [4.78, 5) is 17.7. The fourth-order valence-corrected chi connectivity index (χ4v) is 3.66. The van der Waals surface area contributed by atoms with Crippen molar-refractivity contribution in [1.29, 1.82) is 0 Å². The fourth-order valence-electron chi connectivity index (χ4n) is 2.30. The predicted molar refractivity (Wildman–Crippen MR) is 98.7 cm³/mol. The van der Waals surface area contributed by atoms with Crippen molar-refractivity contribution in [3.05, 3.63) is 51.4 Å². The van der Waals surface area contributed by atoms with E-state index in [0.717, 1.165) is 12.8 Å². The minimum Gasteiger partial charge on any atom is -0.758 e. The van der Waals surface area contributed by atoms with Crippen molar-refractivity contribution < 1.29 is 9.36 Å². The molecule has 1 atom stereocenters. The molecule has 2 aromatic heterocycles. The molecular formula is C17H19ClN2OS2. The van der Waals surface area contributed by atoms with Crippen LogP contribution in [0.3, 0.4) is 0 Å². The molecule has 0 saturated carbocycles. The Bertz CT molecular complexity index is 695. The van der Waals surface area contributed by atoms with E-state index in [1.54, 1.807) is 12.1 Å². The van der Waals surface area contributed by atoms with Crippen LogP contribution in [0.1, 0.15) is 41.5 Å². The van der Waals surface area contributed by atoms with Gasteiger partial charge in [-0.25, -0.2) is 0 Å². The monoisotopic (exact) mass is 366 g/mol. The lowest BCUT2D eigenvalue weighted by atomic mass is 10.1. The number of carbonyl (C=O) groups is 1. The topological polar surface area (TPSA) is 33.3 Å². The number of ketones is 1. The zero-order chi connectivity index (χ0) is 16.8. The third kappa shape index (κ3) is 4.59. The maximum atomic E-state index is 12.9. The van der Waals surface area contributed by atoms with Crippen molar-refractivity contribution in [3.8, 4) is 0 Å². The summed E-state index contributed by atoms with van der Waals surface area (Å²) in [6, 6.07) is 6.92. The van der Waals surface area contributed by atoms with Gasteiger partial charge in [0, 0.05) is 18.7 Å². The van der Waals surface area contributed by atoms with Crippen molar-refractivity contribution in [2.24, 2.45) is 4.99 Å². The quantitative estimate of drug-likeness (QED) is 0.244. The van der Waals surface area contributed by atoms with Gasteiger partial charge in [-0.3, -0.25) is 4.79 Å². The predicted octanol–water partition coefficient (Wildman–Crippen LogP) is 4.03. The first kappa shape index (κ1) is 18.0. The summed E-state index contributed by atoms with van der Waals surface area (Å²) >= 11 is 12.6. The molecule has 0 aromatic carbocycles. The molecule has 23 heavy (non-hydrogen) atoms. The van der Waals surface area contributed by atoms with Gasteiger partial charge in [-0.1, -0.05) is 24.9 Å². The standard InChI is InChI=1S/C17H19ClN2OS2/c1-3-5-12-8-10-20(11-9-12)15(17(22)19-4-2)16(21)13-6-7-14(18)23-13/h6-11,15H,3-5H2,1-2H3/t15-/m1/s1. The molecule has 2 aromatic rings. The van der Waals surface area contributed by atoms with Crippen LogP contribution in [0.4, 0.5) is 0 Å². The third-order valence-corrected chi connectivity index (χ3v) is 4.97. The lowest BCUT2D eigenvalue weighted by molar-refractivity contribution is -0.691. The molecule has 2 heterocycles. The van der Waals surface area contributed by atoms with E-state index in [1.807, 2.05) is 36.0 Å². The summed E-state index contributed by atoms with van der Waals surface area (Å²) in [7, 11) is 0. The second kappa shape index (κ2) is 8.52. The van der Waals surface area contributed by atoms with Gasteiger partial charge in [0.15, 0.2) is 12.4 Å². The van der Waals surface area contributed by atoms with Gasteiger partial charge in [0.1, 0.15) is 0 Å². The van der Waals surface area contributed by atoms with E-state index in [-0.39, 0.29) is 5.78 Å². The SMILES string of the molecule is CCCc1cc[n+]([C@H](C(=O)c2ccc(Cl)s2)C([S-])=NCC)cc1. The number of Topliss-reactive ketones (excluding diaryl/α,β-unsaturated/α-hetero) is 1. The number of aliphatic imine (C=N–C) groups is 1. The number of aromatic nitrogens is 1. The molecule has 0 radical (unpaired) electrons. The smallest absolute Gasteiger partial charge is 0.244 e. The van der Waals surface area contributed by atoms with E-state index in [4.69, 9.17) is 24.2 Å². The highest BCUT2D eigenvalue weighted by atomic mass is 35.5. The van der Waals surface area contributed by atoms with Crippen molar-refractivity contribution >= 4 is 46.4 Å². The number of rotatable bonds is 7. The zero-order valence-electron chi connectivity index (χ0n) is 13.2. The minimum atomic E-state index is -0.602. The maximum absolute atomic E-state index is 12.9. The molecule has 0 aliphatic heterocycles. The summed E-state index contributed by atoms with van der Waals surface area (Å²) in [6.45, 7) is 4.61. The summed E-state index contributed by atoms with van der Waals surface area (Å²) in [5.41, 5.74) is 1.24. The Balaban J connectivity index is 2.37. The van der Waals surface area contributed by atoms with Crippen LogP contribution in [0.5, 0.6) is 0 Å². The molecule has 0 N–H and O–H groups in total. The highest BCUT2D eigenvalue weighted by Crippen LogP contribution is 2.24. The van der Waals surface area contributed by atoms with Crippen LogP contribution in [-0.2, 0) is 19.0 Å². The Hall–Kier alpha value is -1.30. The van der Waals surface area contributed by atoms with E-state index in [1.165, 1.54) is 16.9 Å². The summed E-state index contributed by atoms with van der Waals surface area (Å²) < 4.78 is 2.42. The van der Waals surface area contributed by atoms with E-state index in [2.05, 4.69) is 11.9 Å². The van der Waals surface area contributed by atoms with Gasteiger partial charge in [-0.15, -0.1) is 11.3 Å². The average Bonchev–Trinajstić information content (AvgIpc) is 2.96. The van der Waals surface area contributed by atoms with Gasteiger partial charge in [0.2, 0.25) is 11.8 Å². The molecule has 0 aliphatic carbocycles. The highest BCUT2D eigenvalue weighted by Gasteiger charge is 2.29. The van der Waals surface area contributed by atoms with Crippen molar-refractivity contribution in [3.63, 3.8) is 0 Å². The van der Waals surface area contributed by atoms with E-state index in [0.29, 0.717) is 20.8 Å². The van der Waals surface area contributed by atoms with Gasteiger partial charge < -0.3 is 17.6 Å². The van der Waals surface area contributed by atoms with E-state index in [9.17, 15) is 4.79 Å². The van der Waals surface area contributed by atoms with Gasteiger partial charge in [-0.05, 0) is 36.1 Å². The Labute approximate surface area is 151 Å². The Morgan fingerprint density at radius 3 is 2.52 bits per heavy atom. The molecule has 6 heteroatoms. The van der Waals surface area contributed by atoms with Crippen molar-refractivity contribution in [1.82, 2.24) is 0 Å². The molecule has 0 fully saturated rings. The van der Waals surface area contributed by atoms with Gasteiger partial charge in [-0.2, -0.15) is 4.57 Å². The van der Waals surface area contributed by atoms with E-state index >= 15 is 0 Å². The minimum absolute atomic E-state index is 0.0719. The van der Waals surface area contributed by atoms with Crippen LogP contribution in [0.25, 0.3) is 0 Å². The largest absolute Gasteiger partial charge is 0.758 e. The van der Waals surface area contributed by atoms with Crippen LogP contribution >= 0.6 is 22.9 Å². The number of hydrogen-bond acceptors (Lipinski definition) is 4. The number of aryl methyl sites for hydroxylation is 1. The number of thiophene rings is 1. The number of hydrogen-bond donors (Lipinski definition) is 0. The first-order valence-corrected chi connectivity index (χ1v) is 9.17. The maximum Gasteiger partial charge on any atom is 0.244 e. The zero-order valence-corrected chi connectivity index (χ0v) is 15.5. The average molecular weight is 367 g/mol. The molecule has 0 bridgehead atoms. The number of pyridine rings is 1. The number of nitrogens with zero attached hydrogens (tertiary/aromatic N) is 2. The van der Waals surface area contributed by atoms with E-state index < -0.39 is 6.04 Å². The molecule has 3 nitrogen and oxygen atoms in total. The van der Waals surface area contributed by atoms with Crippen molar-refractivity contribution in [2.45, 2.75) is 32.7 Å². The number of carbonyl (C=O) groups excluding carboxylic acids is 1. The summed E-state index contributed by atoms with van der Waals surface area (Å²) in [6.07, 6.45) is 5.91. The first-order valence-electron chi connectivity index (χ1n) is 7.57. The molecular weight excluding hydrogens is 348 g/mol. The van der Waals surface area contributed by atoms with Crippen LogP contribution in [0.2, 0.25) is 4.34 Å². The van der Waals surface area contributed by atoms with Crippen LogP contribution in [0.15, 0.2) is 41.7 Å². The highest BCUT2D eigenvalue weighted by molar-refractivity contribution is 7.77. The summed E-state index contributed by atoms with van der Waals surface area (Å²) in [5, 5.41) is 0.398. The normalized spacial score (nSPS) is 13.1. The second-order valence-corrected chi connectivity index (χ2v) is 7.22. The van der Waals surface area contributed by atoms with Crippen LogP contribution in [-0.4, -0.2) is 17.4 Å². The molecule has 0 spiro atoms. The second-order valence-electron chi connectivity index (χ2n) is 5.09. The molecule has 0 aliphatic rings. The lowest BCUT2D eigenvalue weighted by Gasteiger charge is -2.17. The van der Waals surface area contributed by atoms with Gasteiger partial charge >= 0.3 is 0 Å². The fraction of sp³-hybridized carbons (Fsp3) is 0.353. The van der Waals surface area contributed by atoms with Crippen LogP contribution in [0, 0.1) is 0 Å². The first-order chi connectivity index (χ1) is 11.1. The molecule has 0 amide bonds. The number of halogens is 1. The lowest BCUT2D eigenvalue weighted by Crippen LogP contribution is -2.47.